The molecule has 1 saturated heterocycles. The van der Waals surface area contributed by atoms with Gasteiger partial charge in [0.1, 0.15) is 5.15 Å². The van der Waals surface area contributed by atoms with Gasteiger partial charge in [0.15, 0.2) is 0 Å². The third kappa shape index (κ3) is 3.67. The van der Waals surface area contributed by atoms with Crippen LogP contribution in [0.5, 0.6) is 0 Å². The van der Waals surface area contributed by atoms with Crippen molar-refractivity contribution in [3.05, 3.63) is 28.5 Å². The summed E-state index contributed by atoms with van der Waals surface area (Å²) >= 11 is 6.00. The van der Waals surface area contributed by atoms with Gasteiger partial charge in [-0.2, -0.15) is 0 Å². The van der Waals surface area contributed by atoms with Crippen molar-refractivity contribution in [1.29, 1.82) is 0 Å². The standard InChI is InChI=1S/C14H20ClN3O/c1-3-4-12-9-11(10-13(15)16-12)14(19)18-7-5-17(2)6-8-18/h9-10H,3-8H2,1-2H3. The number of carbonyl (C=O) groups excluding carboxylic acids is 1. The Morgan fingerprint density at radius 2 is 2.00 bits per heavy atom. The topological polar surface area (TPSA) is 36.4 Å². The molecule has 1 aliphatic heterocycles. The molecule has 0 spiro atoms. The van der Waals surface area contributed by atoms with Gasteiger partial charge in [0.2, 0.25) is 0 Å². The number of piperazine rings is 1. The van der Waals surface area contributed by atoms with E-state index in [1.807, 2.05) is 11.0 Å². The third-order valence-corrected chi connectivity index (χ3v) is 3.58. The Morgan fingerprint density at radius 1 is 1.32 bits per heavy atom. The molecule has 0 aliphatic carbocycles. The minimum Gasteiger partial charge on any atom is -0.336 e. The molecule has 4 nitrogen and oxygen atoms in total. The molecule has 0 radical (unpaired) electrons. The maximum absolute atomic E-state index is 12.4. The number of aromatic nitrogens is 1. The average Bonchev–Trinajstić information content (AvgIpc) is 2.38. The van der Waals surface area contributed by atoms with E-state index < -0.39 is 0 Å². The number of hydrogen-bond acceptors (Lipinski definition) is 3. The van der Waals surface area contributed by atoms with Gasteiger partial charge in [0, 0.05) is 37.4 Å². The second-order valence-electron chi connectivity index (χ2n) is 5.02. The van der Waals surface area contributed by atoms with E-state index in [1.54, 1.807) is 6.07 Å². The third-order valence-electron chi connectivity index (χ3n) is 3.39. The van der Waals surface area contributed by atoms with Crippen LogP contribution in [0.15, 0.2) is 12.1 Å². The largest absolute Gasteiger partial charge is 0.336 e. The number of aryl methyl sites for hydroxylation is 1. The van der Waals surface area contributed by atoms with E-state index in [9.17, 15) is 4.79 Å². The Balaban J connectivity index is 2.14. The molecule has 0 saturated carbocycles. The van der Waals surface area contributed by atoms with Gasteiger partial charge in [-0.3, -0.25) is 4.79 Å². The molecule has 1 aromatic heterocycles. The van der Waals surface area contributed by atoms with Crippen molar-refractivity contribution in [3.8, 4) is 0 Å². The smallest absolute Gasteiger partial charge is 0.254 e. The van der Waals surface area contributed by atoms with Crippen LogP contribution in [-0.2, 0) is 6.42 Å². The summed E-state index contributed by atoms with van der Waals surface area (Å²) in [5, 5.41) is 0.406. The second-order valence-corrected chi connectivity index (χ2v) is 5.40. The monoisotopic (exact) mass is 281 g/mol. The predicted octanol–water partition coefficient (Wildman–Crippen LogP) is 2.08. The number of halogens is 1. The Bertz CT molecular complexity index is 456. The Hall–Kier alpha value is -1.13. The van der Waals surface area contributed by atoms with E-state index in [2.05, 4.69) is 23.9 Å². The first-order chi connectivity index (χ1) is 9.10. The number of rotatable bonds is 3. The normalized spacial score (nSPS) is 16.7. The molecule has 0 bridgehead atoms. The van der Waals surface area contributed by atoms with Gasteiger partial charge in [-0.05, 0) is 25.6 Å². The van der Waals surface area contributed by atoms with E-state index >= 15 is 0 Å². The van der Waals surface area contributed by atoms with Crippen LogP contribution in [0, 0.1) is 0 Å². The highest BCUT2D eigenvalue weighted by Crippen LogP contribution is 2.15. The molecule has 1 aromatic rings. The molecule has 104 valence electrons. The van der Waals surface area contributed by atoms with Crippen LogP contribution >= 0.6 is 11.6 Å². The van der Waals surface area contributed by atoms with Gasteiger partial charge in [0.25, 0.3) is 5.91 Å². The van der Waals surface area contributed by atoms with Gasteiger partial charge in [0.05, 0.1) is 0 Å². The first-order valence-electron chi connectivity index (χ1n) is 6.74. The molecule has 2 heterocycles. The Kier molecular flexibility index (Phi) is 4.77. The zero-order valence-electron chi connectivity index (χ0n) is 11.5. The summed E-state index contributed by atoms with van der Waals surface area (Å²) in [6.07, 6.45) is 1.85. The van der Waals surface area contributed by atoms with Crippen molar-refractivity contribution in [2.24, 2.45) is 0 Å². The maximum atomic E-state index is 12.4. The molecule has 5 heteroatoms. The van der Waals surface area contributed by atoms with E-state index in [0.717, 1.165) is 44.7 Å². The van der Waals surface area contributed by atoms with Crippen LogP contribution < -0.4 is 0 Å². The SMILES string of the molecule is CCCc1cc(C(=O)N2CCN(C)CC2)cc(Cl)n1. The number of nitrogens with zero attached hydrogens (tertiary/aromatic N) is 3. The van der Waals surface area contributed by atoms with Crippen molar-refractivity contribution >= 4 is 17.5 Å². The van der Waals surface area contributed by atoms with E-state index in [-0.39, 0.29) is 5.91 Å². The van der Waals surface area contributed by atoms with Crippen LogP contribution in [0.4, 0.5) is 0 Å². The summed E-state index contributed by atoms with van der Waals surface area (Å²) in [5.74, 6) is 0.0646. The van der Waals surface area contributed by atoms with Crippen LogP contribution in [-0.4, -0.2) is 53.9 Å². The zero-order valence-corrected chi connectivity index (χ0v) is 12.3. The molecule has 0 atom stereocenters. The van der Waals surface area contributed by atoms with Gasteiger partial charge >= 0.3 is 0 Å². The lowest BCUT2D eigenvalue weighted by molar-refractivity contribution is 0.0664. The number of likely N-dealkylation sites (N-methyl/N-ethyl adjacent to an activating group) is 1. The Labute approximate surface area is 119 Å². The molecular formula is C14H20ClN3O. The summed E-state index contributed by atoms with van der Waals surface area (Å²) in [4.78, 5) is 20.8. The van der Waals surface area contributed by atoms with Crippen molar-refractivity contribution in [2.75, 3.05) is 33.2 Å². The summed E-state index contributed by atoms with van der Waals surface area (Å²) < 4.78 is 0. The molecular weight excluding hydrogens is 262 g/mol. The van der Waals surface area contributed by atoms with Crippen LogP contribution in [0.1, 0.15) is 29.4 Å². The van der Waals surface area contributed by atoms with E-state index in [1.165, 1.54) is 0 Å². The molecule has 2 rings (SSSR count). The van der Waals surface area contributed by atoms with Crippen molar-refractivity contribution in [2.45, 2.75) is 19.8 Å². The summed E-state index contributed by atoms with van der Waals surface area (Å²) in [6, 6.07) is 3.54. The number of amides is 1. The van der Waals surface area contributed by atoms with Crippen molar-refractivity contribution in [3.63, 3.8) is 0 Å². The lowest BCUT2D eigenvalue weighted by Crippen LogP contribution is -2.47. The molecule has 1 fully saturated rings. The highest BCUT2D eigenvalue weighted by Gasteiger charge is 2.21. The van der Waals surface area contributed by atoms with E-state index in [4.69, 9.17) is 11.6 Å². The highest BCUT2D eigenvalue weighted by molar-refractivity contribution is 6.29. The fourth-order valence-corrected chi connectivity index (χ4v) is 2.48. The van der Waals surface area contributed by atoms with Crippen molar-refractivity contribution < 1.29 is 4.79 Å². The molecule has 0 aromatic carbocycles. The Morgan fingerprint density at radius 3 is 2.63 bits per heavy atom. The number of hydrogen-bond donors (Lipinski definition) is 0. The fourth-order valence-electron chi connectivity index (χ4n) is 2.25. The van der Waals surface area contributed by atoms with Crippen LogP contribution in [0.2, 0.25) is 5.15 Å². The van der Waals surface area contributed by atoms with Crippen LogP contribution in [0.3, 0.4) is 0 Å². The lowest BCUT2D eigenvalue weighted by Gasteiger charge is -2.32. The minimum atomic E-state index is 0.0646. The first kappa shape index (κ1) is 14.3. The number of carbonyl (C=O) groups is 1. The average molecular weight is 282 g/mol. The maximum Gasteiger partial charge on any atom is 0.254 e. The molecule has 1 amide bonds. The molecule has 1 aliphatic rings. The molecule has 0 unspecified atom stereocenters. The van der Waals surface area contributed by atoms with Crippen LogP contribution in [0.25, 0.3) is 0 Å². The van der Waals surface area contributed by atoms with Gasteiger partial charge in [-0.15, -0.1) is 0 Å². The fraction of sp³-hybridized carbons (Fsp3) is 0.571. The summed E-state index contributed by atoms with van der Waals surface area (Å²) in [7, 11) is 2.07. The van der Waals surface area contributed by atoms with Crippen molar-refractivity contribution in [1.82, 2.24) is 14.8 Å². The molecule has 0 N–H and O–H groups in total. The van der Waals surface area contributed by atoms with Gasteiger partial charge in [-0.25, -0.2) is 4.98 Å². The second kappa shape index (κ2) is 6.35. The van der Waals surface area contributed by atoms with Gasteiger partial charge < -0.3 is 9.80 Å². The first-order valence-corrected chi connectivity index (χ1v) is 7.12. The summed E-state index contributed by atoms with van der Waals surface area (Å²) in [6.45, 7) is 5.49. The predicted molar refractivity (Wildman–Crippen MR) is 76.6 cm³/mol. The van der Waals surface area contributed by atoms with Gasteiger partial charge in [-0.1, -0.05) is 24.9 Å². The quantitative estimate of drug-likeness (QED) is 0.796. The lowest BCUT2D eigenvalue weighted by atomic mass is 10.1. The zero-order chi connectivity index (χ0) is 13.8. The number of pyridine rings is 1. The highest BCUT2D eigenvalue weighted by atomic mass is 35.5. The molecule has 19 heavy (non-hydrogen) atoms. The minimum absolute atomic E-state index is 0.0646. The van der Waals surface area contributed by atoms with E-state index in [0.29, 0.717) is 10.7 Å². The summed E-state index contributed by atoms with van der Waals surface area (Å²) in [5.41, 5.74) is 1.56.